The van der Waals surface area contributed by atoms with E-state index in [-0.39, 0.29) is 12.0 Å². The fourth-order valence-corrected chi connectivity index (χ4v) is 1.91. The zero-order valence-corrected chi connectivity index (χ0v) is 10.9. The molecule has 2 aromatic rings. The monoisotopic (exact) mass is 298 g/mol. The number of aliphatic hydroxyl groups excluding tert-OH is 1. The standard InChI is InChI=1S/C14H13F3N2O2/c15-10-4-8(5-11(16)14(10)17)12(7-20)19-13(21)6-9-2-1-3-18-9/h1-5,12,18,20H,6-7H2,(H,19,21). The van der Waals surface area contributed by atoms with Crippen molar-refractivity contribution in [1.82, 2.24) is 10.3 Å². The van der Waals surface area contributed by atoms with Crippen molar-refractivity contribution in [2.24, 2.45) is 0 Å². The number of amides is 1. The lowest BCUT2D eigenvalue weighted by Crippen LogP contribution is -2.32. The Morgan fingerprint density at radius 3 is 2.48 bits per heavy atom. The molecule has 0 saturated heterocycles. The van der Waals surface area contributed by atoms with Gasteiger partial charge < -0.3 is 15.4 Å². The van der Waals surface area contributed by atoms with Gasteiger partial charge in [-0.3, -0.25) is 4.79 Å². The summed E-state index contributed by atoms with van der Waals surface area (Å²) in [6, 6.07) is 3.89. The van der Waals surface area contributed by atoms with Crippen LogP contribution in [0.4, 0.5) is 13.2 Å². The Bertz CT molecular complexity index is 606. The van der Waals surface area contributed by atoms with Crippen LogP contribution < -0.4 is 5.32 Å². The zero-order valence-electron chi connectivity index (χ0n) is 10.9. The SMILES string of the molecule is O=C(Cc1ccc[nH]1)NC(CO)c1cc(F)c(F)c(F)c1. The summed E-state index contributed by atoms with van der Waals surface area (Å²) in [6.07, 6.45) is 1.67. The maximum Gasteiger partial charge on any atom is 0.226 e. The topological polar surface area (TPSA) is 65.1 Å². The van der Waals surface area contributed by atoms with E-state index < -0.39 is 36.0 Å². The van der Waals surface area contributed by atoms with Crippen LogP contribution in [0.2, 0.25) is 0 Å². The highest BCUT2D eigenvalue weighted by molar-refractivity contribution is 5.78. The lowest BCUT2D eigenvalue weighted by Gasteiger charge is -2.17. The van der Waals surface area contributed by atoms with Crippen molar-refractivity contribution in [2.45, 2.75) is 12.5 Å². The number of carbonyl (C=O) groups is 1. The van der Waals surface area contributed by atoms with Crippen molar-refractivity contribution in [2.75, 3.05) is 6.61 Å². The van der Waals surface area contributed by atoms with Crippen LogP contribution >= 0.6 is 0 Å². The van der Waals surface area contributed by atoms with Gasteiger partial charge in [-0.05, 0) is 29.8 Å². The second-order valence-corrected chi connectivity index (χ2v) is 4.47. The first-order valence-electron chi connectivity index (χ1n) is 6.18. The van der Waals surface area contributed by atoms with Crippen molar-refractivity contribution in [3.8, 4) is 0 Å². The number of aromatic nitrogens is 1. The van der Waals surface area contributed by atoms with E-state index in [9.17, 15) is 23.1 Å². The van der Waals surface area contributed by atoms with E-state index in [0.29, 0.717) is 5.69 Å². The third-order valence-electron chi connectivity index (χ3n) is 2.94. The Morgan fingerprint density at radius 2 is 1.95 bits per heavy atom. The first-order chi connectivity index (χ1) is 10.0. The molecule has 112 valence electrons. The zero-order chi connectivity index (χ0) is 15.4. The Hall–Kier alpha value is -2.28. The normalized spacial score (nSPS) is 12.2. The second kappa shape index (κ2) is 6.45. The number of nitrogens with one attached hydrogen (secondary N) is 2. The van der Waals surface area contributed by atoms with Gasteiger partial charge in [-0.25, -0.2) is 13.2 Å². The molecule has 1 atom stereocenters. The number of hydrogen-bond acceptors (Lipinski definition) is 2. The number of hydrogen-bond donors (Lipinski definition) is 3. The van der Waals surface area contributed by atoms with Crippen LogP contribution in [0, 0.1) is 17.5 Å². The number of rotatable bonds is 5. The van der Waals surface area contributed by atoms with Crippen LogP contribution in [0.3, 0.4) is 0 Å². The Balaban J connectivity index is 2.11. The van der Waals surface area contributed by atoms with E-state index in [0.717, 1.165) is 12.1 Å². The molecule has 0 saturated carbocycles. The number of aromatic amines is 1. The van der Waals surface area contributed by atoms with Crippen LogP contribution in [-0.4, -0.2) is 22.6 Å². The minimum Gasteiger partial charge on any atom is -0.394 e. The average Bonchev–Trinajstić information content (AvgIpc) is 2.94. The van der Waals surface area contributed by atoms with Crippen molar-refractivity contribution in [1.29, 1.82) is 0 Å². The van der Waals surface area contributed by atoms with Gasteiger partial charge in [0.2, 0.25) is 5.91 Å². The van der Waals surface area contributed by atoms with Gasteiger partial charge in [-0.1, -0.05) is 0 Å². The second-order valence-electron chi connectivity index (χ2n) is 4.47. The lowest BCUT2D eigenvalue weighted by atomic mass is 10.1. The van der Waals surface area contributed by atoms with Crippen molar-refractivity contribution >= 4 is 5.91 Å². The predicted molar refractivity (Wildman–Crippen MR) is 68.8 cm³/mol. The largest absolute Gasteiger partial charge is 0.394 e. The first kappa shape index (κ1) is 15.1. The Labute approximate surface area is 118 Å². The van der Waals surface area contributed by atoms with E-state index >= 15 is 0 Å². The molecule has 0 spiro atoms. The molecule has 1 aromatic carbocycles. The molecule has 3 N–H and O–H groups in total. The average molecular weight is 298 g/mol. The minimum absolute atomic E-state index is 0.0235. The Morgan fingerprint density at radius 1 is 1.29 bits per heavy atom. The number of halogens is 3. The third-order valence-corrected chi connectivity index (χ3v) is 2.94. The highest BCUT2D eigenvalue weighted by Gasteiger charge is 2.19. The molecule has 7 heteroatoms. The minimum atomic E-state index is -1.59. The molecule has 0 aliphatic rings. The molecule has 1 aromatic heterocycles. The molecule has 0 radical (unpaired) electrons. The molecule has 0 aliphatic heterocycles. The van der Waals surface area contributed by atoms with Gasteiger partial charge in [0.15, 0.2) is 17.5 Å². The molecule has 0 aliphatic carbocycles. The molecule has 21 heavy (non-hydrogen) atoms. The molecule has 4 nitrogen and oxygen atoms in total. The summed E-state index contributed by atoms with van der Waals surface area (Å²) >= 11 is 0. The smallest absolute Gasteiger partial charge is 0.226 e. The summed E-state index contributed by atoms with van der Waals surface area (Å²) in [5.41, 5.74) is 0.606. The summed E-state index contributed by atoms with van der Waals surface area (Å²) in [5.74, 6) is -4.78. The van der Waals surface area contributed by atoms with Gasteiger partial charge in [-0.15, -0.1) is 0 Å². The van der Waals surface area contributed by atoms with Gasteiger partial charge in [-0.2, -0.15) is 0 Å². The molecule has 1 amide bonds. The van der Waals surface area contributed by atoms with Crippen molar-refractivity contribution in [3.05, 3.63) is 59.2 Å². The highest BCUT2D eigenvalue weighted by atomic mass is 19.2. The first-order valence-corrected chi connectivity index (χ1v) is 6.18. The molecular weight excluding hydrogens is 285 g/mol. The molecule has 2 rings (SSSR count). The summed E-state index contributed by atoms with van der Waals surface area (Å²) < 4.78 is 39.2. The molecule has 1 unspecified atom stereocenters. The molecule has 1 heterocycles. The molecule has 0 bridgehead atoms. The fourth-order valence-electron chi connectivity index (χ4n) is 1.91. The van der Waals surface area contributed by atoms with Crippen LogP contribution in [0.1, 0.15) is 17.3 Å². The van der Waals surface area contributed by atoms with Gasteiger partial charge in [0.1, 0.15) is 0 Å². The van der Waals surface area contributed by atoms with E-state index in [4.69, 9.17) is 0 Å². The predicted octanol–water partition coefficient (Wildman–Crippen LogP) is 1.82. The van der Waals surface area contributed by atoms with E-state index in [1.54, 1.807) is 18.3 Å². The summed E-state index contributed by atoms with van der Waals surface area (Å²) in [4.78, 5) is 14.6. The van der Waals surface area contributed by atoms with Gasteiger partial charge in [0, 0.05) is 11.9 Å². The lowest BCUT2D eigenvalue weighted by molar-refractivity contribution is -0.121. The van der Waals surface area contributed by atoms with E-state index in [1.165, 1.54) is 0 Å². The van der Waals surface area contributed by atoms with Crippen LogP contribution in [0.5, 0.6) is 0 Å². The summed E-state index contributed by atoms with van der Waals surface area (Å²) in [6.45, 7) is -0.568. The number of carbonyl (C=O) groups excluding carboxylic acids is 1. The van der Waals surface area contributed by atoms with E-state index in [2.05, 4.69) is 10.3 Å². The van der Waals surface area contributed by atoms with Crippen molar-refractivity contribution in [3.63, 3.8) is 0 Å². The van der Waals surface area contributed by atoms with E-state index in [1.807, 2.05) is 0 Å². The summed E-state index contributed by atoms with van der Waals surface area (Å²) in [5, 5.41) is 11.7. The molecule has 0 fully saturated rings. The number of aliphatic hydroxyl groups is 1. The van der Waals surface area contributed by atoms with Crippen molar-refractivity contribution < 1.29 is 23.1 Å². The van der Waals surface area contributed by atoms with Gasteiger partial charge in [0.05, 0.1) is 19.1 Å². The molecular formula is C14H13F3N2O2. The number of H-pyrrole nitrogens is 1. The third kappa shape index (κ3) is 3.63. The number of benzene rings is 1. The van der Waals surface area contributed by atoms with Crippen LogP contribution in [0.15, 0.2) is 30.5 Å². The van der Waals surface area contributed by atoms with Crippen LogP contribution in [-0.2, 0) is 11.2 Å². The van der Waals surface area contributed by atoms with Crippen LogP contribution in [0.25, 0.3) is 0 Å². The maximum atomic E-state index is 13.2. The quantitative estimate of drug-likeness (QED) is 0.737. The Kier molecular flexibility index (Phi) is 4.64. The highest BCUT2D eigenvalue weighted by Crippen LogP contribution is 2.19. The summed E-state index contributed by atoms with van der Waals surface area (Å²) in [7, 11) is 0. The van der Waals surface area contributed by atoms with Gasteiger partial charge in [0.25, 0.3) is 0 Å². The van der Waals surface area contributed by atoms with Gasteiger partial charge >= 0.3 is 0 Å². The fraction of sp³-hybridized carbons (Fsp3) is 0.214. The maximum absolute atomic E-state index is 13.2.